The van der Waals surface area contributed by atoms with Crippen LogP contribution in [0.25, 0.3) is 11.1 Å². The summed E-state index contributed by atoms with van der Waals surface area (Å²) in [5, 5.41) is 3.08. The van der Waals surface area contributed by atoms with Gasteiger partial charge in [-0.3, -0.25) is 0 Å². The number of para-hydroxylation sites is 1. The molecule has 7 heteroatoms. The number of hydrogen-bond donors (Lipinski definition) is 2. The van der Waals surface area contributed by atoms with Crippen molar-refractivity contribution in [1.29, 1.82) is 0 Å². The number of nitrogens with two attached hydrogens (primary N) is 1. The van der Waals surface area contributed by atoms with Gasteiger partial charge in [0, 0.05) is 23.4 Å². The van der Waals surface area contributed by atoms with Gasteiger partial charge in [-0.1, -0.05) is 24.3 Å². The molecule has 0 aliphatic carbocycles. The summed E-state index contributed by atoms with van der Waals surface area (Å²) in [5.74, 6) is 0.119. The second kappa shape index (κ2) is 11.3. The van der Waals surface area contributed by atoms with Crippen molar-refractivity contribution in [2.75, 3.05) is 18.5 Å². The van der Waals surface area contributed by atoms with E-state index in [4.69, 9.17) is 27.4 Å². The van der Waals surface area contributed by atoms with E-state index in [0.29, 0.717) is 30.1 Å². The van der Waals surface area contributed by atoms with Crippen LogP contribution in [0.5, 0.6) is 11.5 Å². The number of unbranched alkanes of at least 4 members (excludes halogenated alkanes) is 2. The van der Waals surface area contributed by atoms with Gasteiger partial charge in [0.25, 0.3) is 0 Å². The van der Waals surface area contributed by atoms with E-state index < -0.39 is 11.6 Å². The van der Waals surface area contributed by atoms with Crippen LogP contribution in [0.3, 0.4) is 0 Å². The van der Waals surface area contributed by atoms with Crippen LogP contribution in [0.15, 0.2) is 66.7 Å². The van der Waals surface area contributed by atoms with Crippen molar-refractivity contribution >= 4 is 23.0 Å². The SMILES string of the molecule is NC(=S)Nc1cccc(OCCCCCOc2ccccc2-c2cc(F)cc(F)c2)c1. The molecule has 3 N–H and O–H groups in total. The molecule has 0 saturated heterocycles. The van der Waals surface area contributed by atoms with Crippen molar-refractivity contribution < 1.29 is 18.3 Å². The van der Waals surface area contributed by atoms with Crippen LogP contribution in [0.2, 0.25) is 0 Å². The Bertz CT molecular complexity index is 1010. The second-order valence-corrected chi connectivity index (χ2v) is 7.37. The van der Waals surface area contributed by atoms with Gasteiger partial charge in [0.05, 0.1) is 13.2 Å². The minimum absolute atomic E-state index is 0.209. The summed E-state index contributed by atoms with van der Waals surface area (Å²) in [6.45, 7) is 1.08. The minimum Gasteiger partial charge on any atom is -0.494 e. The normalized spacial score (nSPS) is 10.5. The third-order valence-corrected chi connectivity index (χ3v) is 4.58. The maximum absolute atomic E-state index is 13.6. The fourth-order valence-electron chi connectivity index (χ4n) is 3.10. The number of hydrogen-bond acceptors (Lipinski definition) is 3. The van der Waals surface area contributed by atoms with Crippen molar-refractivity contribution in [3.8, 4) is 22.6 Å². The largest absolute Gasteiger partial charge is 0.494 e. The van der Waals surface area contributed by atoms with Crippen molar-refractivity contribution in [3.05, 3.63) is 78.4 Å². The molecule has 0 aromatic heterocycles. The van der Waals surface area contributed by atoms with Gasteiger partial charge in [0.15, 0.2) is 5.11 Å². The number of nitrogens with one attached hydrogen (secondary N) is 1. The predicted octanol–water partition coefficient (Wildman–Crippen LogP) is 5.92. The van der Waals surface area contributed by atoms with Gasteiger partial charge in [0.1, 0.15) is 23.1 Å². The molecule has 0 aliphatic rings. The zero-order chi connectivity index (χ0) is 22.1. The maximum Gasteiger partial charge on any atom is 0.168 e. The summed E-state index contributed by atoms with van der Waals surface area (Å²) in [6, 6.07) is 18.1. The Morgan fingerprint density at radius 1 is 0.839 bits per heavy atom. The highest BCUT2D eigenvalue weighted by molar-refractivity contribution is 7.80. The summed E-state index contributed by atoms with van der Waals surface area (Å²) in [5.41, 5.74) is 7.38. The molecule has 3 aromatic carbocycles. The highest BCUT2D eigenvalue weighted by Crippen LogP contribution is 2.31. The van der Waals surface area contributed by atoms with Crippen LogP contribution in [-0.2, 0) is 0 Å². The van der Waals surface area contributed by atoms with Crippen LogP contribution in [-0.4, -0.2) is 18.3 Å². The fourth-order valence-corrected chi connectivity index (χ4v) is 3.22. The van der Waals surface area contributed by atoms with E-state index in [-0.39, 0.29) is 5.11 Å². The van der Waals surface area contributed by atoms with Gasteiger partial charge in [-0.25, -0.2) is 8.78 Å². The summed E-state index contributed by atoms with van der Waals surface area (Å²) < 4.78 is 38.8. The molecule has 3 aromatic rings. The van der Waals surface area contributed by atoms with Gasteiger partial charge in [-0.2, -0.15) is 0 Å². The first kappa shape index (κ1) is 22.5. The van der Waals surface area contributed by atoms with E-state index in [2.05, 4.69) is 5.32 Å². The maximum atomic E-state index is 13.6. The molecule has 0 amide bonds. The van der Waals surface area contributed by atoms with E-state index >= 15 is 0 Å². The molecule has 0 aliphatic heterocycles. The summed E-state index contributed by atoms with van der Waals surface area (Å²) in [6.07, 6.45) is 2.62. The Morgan fingerprint density at radius 2 is 1.55 bits per heavy atom. The molecule has 4 nitrogen and oxygen atoms in total. The second-order valence-electron chi connectivity index (χ2n) is 6.93. The Balaban J connectivity index is 1.42. The van der Waals surface area contributed by atoms with Crippen molar-refractivity contribution in [2.45, 2.75) is 19.3 Å². The first-order valence-corrected chi connectivity index (χ1v) is 10.4. The van der Waals surface area contributed by atoms with Gasteiger partial charge in [-0.15, -0.1) is 0 Å². The molecule has 0 heterocycles. The molecule has 162 valence electrons. The third kappa shape index (κ3) is 7.22. The Hall–Kier alpha value is -3.19. The zero-order valence-electron chi connectivity index (χ0n) is 16.9. The van der Waals surface area contributed by atoms with Crippen LogP contribution >= 0.6 is 12.2 Å². The van der Waals surface area contributed by atoms with Crippen LogP contribution in [0.4, 0.5) is 14.5 Å². The summed E-state index contributed by atoms with van der Waals surface area (Å²) in [7, 11) is 0. The zero-order valence-corrected chi connectivity index (χ0v) is 17.8. The lowest BCUT2D eigenvalue weighted by molar-refractivity contribution is 0.280. The Morgan fingerprint density at radius 3 is 2.29 bits per heavy atom. The quantitative estimate of drug-likeness (QED) is 0.302. The molecule has 0 atom stereocenters. The molecular formula is C24H24F2N2O2S. The van der Waals surface area contributed by atoms with E-state index in [1.165, 1.54) is 12.1 Å². The Labute approximate surface area is 186 Å². The molecular weight excluding hydrogens is 418 g/mol. The molecule has 0 unspecified atom stereocenters. The van der Waals surface area contributed by atoms with Gasteiger partial charge in [-0.05, 0) is 67.4 Å². The molecule has 3 rings (SSSR count). The lowest BCUT2D eigenvalue weighted by atomic mass is 10.0. The average molecular weight is 443 g/mol. The standard InChI is InChI=1S/C24H24F2N2O2S/c25-18-13-17(14-19(26)15-18)22-9-2-3-10-23(22)30-12-5-1-4-11-29-21-8-6-7-20(16-21)28-24(27)31/h2-3,6-10,13-16H,1,4-5,11-12H2,(H3,27,28,31). The van der Waals surface area contributed by atoms with E-state index in [1.54, 1.807) is 12.1 Å². The number of anilines is 1. The first-order valence-electron chi connectivity index (χ1n) is 9.99. The van der Waals surface area contributed by atoms with Gasteiger partial charge in [0.2, 0.25) is 0 Å². The molecule has 0 saturated carbocycles. The molecule has 0 bridgehead atoms. The van der Waals surface area contributed by atoms with Crippen LogP contribution in [0, 0.1) is 11.6 Å². The highest BCUT2D eigenvalue weighted by atomic mass is 32.1. The molecule has 0 fully saturated rings. The topological polar surface area (TPSA) is 56.5 Å². The minimum atomic E-state index is -0.614. The number of ether oxygens (including phenoxy) is 2. The number of rotatable bonds is 10. The number of halogens is 2. The van der Waals surface area contributed by atoms with E-state index in [1.807, 2.05) is 36.4 Å². The van der Waals surface area contributed by atoms with E-state index in [9.17, 15) is 8.78 Å². The van der Waals surface area contributed by atoms with Crippen LogP contribution < -0.4 is 20.5 Å². The Kier molecular flexibility index (Phi) is 8.18. The number of thiocarbonyl (C=S) groups is 1. The van der Waals surface area contributed by atoms with Gasteiger partial charge < -0.3 is 20.5 Å². The van der Waals surface area contributed by atoms with Gasteiger partial charge >= 0.3 is 0 Å². The number of benzene rings is 3. The molecule has 0 spiro atoms. The lowest BCUT2D eigenvalue weighted by Gasteiger charge is -2.12. The van der Waals surface area contributed by atoms with Crippen molar-refractivity contribution in [1.82, 2.24) is 0 Å². The fraction of sp³-hybridized carbons (Fsp3) is 0.208. The predicted molar refractivity (Wildman–Crippen MR) is 123 cm³/mol. The summed E-state index contributed by atoms with van der Waals surface area (Å²) in [4.78, 5) is 0. The summed E-state index contributed by atoms with van der Waals surface area (Å²) >= 11 is 4.83. The van der Waals surface area contributed by atoms with E-state index in [0.717, 1.165) is 36.8 Å². The van der Waals surface area contributed by atoms with Crippen molar-refractivity contribution in [2.24, 2.45) is 5.73 Å². The van der Waals surface area contributed by atoms with Crippen LogP contribution in [0.1, 0.15) is 19.3 Å². The smallest absolute Gasteiger partial charge is 0.168 e. The lowest BCUT2D eigenvalue weighted by Crippen LogP contribution is -2.18. The highest BCUT2D eigenvalue weighted by Gasteiger charge is 2.09. The molecule has 31 heavy (non-hydrogen) atoms. The monoisotopic (exact) mass is 442 g/mol. The average Bonchev–Trinajstić information content (AvgIpc) is 2.72. The first-order chi connectivity index (χ1) is 15.0. The third-order valence-electron chi connectivity index (χ3n) is 4.48. The van der Waals surface area contributed by atoms with Crippen molar-refractivity contribution in [3.63, 3.8) is 0 Å². The molecule has 0 radical (unpaired) electrons.